The average molecular weight is 169 g/mol. The van der Waals surface area contributed by atoms with Crippen molar-refractivity contribution in [3.05, 3.63) is 0 Å². The van der Waals surface area contributed by atoms with E-state index in [1.807, 2.05) is 0 Å². The van der Waals surface area contributed by atoms with Crippen molar-refractivity contribution in [2.24, 2.45) is 16.6 Å². The summed E-state index contributed by atoms with van der Waals surface area (Å²) in [7, 11) is 1.75. The zero-order valence-corrected chi connectivity index (χ0v) is 8.25. The Hall–Kier alpha value is -0.730. The van der Waals surface area contributed by atoms with Crippen molar-refractivity contribution in [2.45, 2.75) is 32.7 Å². The van der Waals surface area contributed by atoms with Gasteiger partial charge >= 0.3 is 0 Å². The first-order valence-electron chi connectivity index (χ1n) is 4.64. The van der Waals surface area contributed by atoms with E-state index in [4.69, 9.17) is 5.73 Å². The second kappa shape index (κ2) is 3.78. The van der Waals surface area contributed by atoms with Crippen molar-refractivity contribution >= 4 is 5.96 Å². The fraction of sp³-hybridized carbons (Fsp3) is 0.889. The highest BCUT2D eigenvalue weighted by atomic mass is 15.3. The Bertz CT molecular complexity index is 171. The molecule has 0 unspecified atom stereocenters. The maximum absolute atomic E-state index is 5.77. The third-order valence-electron chi connectivity index (χ3n) is 2.30. The lowest BCUT2D eigenvalue weighted by molar-refractivity contribution is 0.332. The quantitative estimate of drug-likeness (QED) is 0.507. The summed E-state index contributed by atoms with van der Waals surface area (Å²) in [6, 6.07) is 0.467. The molecule has 0 aromatic rings. The van der Waals surface area contributed by atoms with Crippen LogP contribution in [0.3, 0.4) is 0 Å². The van der Waals surface area contributed by atoms with Crippen LogP contribution in [0, 0.1) is 5.92 Å². The zero-order valence-electron chi connectivity index (χ0n) is 8.25. The van der Waals surface area contributed by atoms with Gasteiger partial charge in [0.1, 0.15) is 0 Å². The third-order valence-corrected chi connectivity index (χ3v) is 2.30. The van der Waals surface area contributed by atoms with Crippen LogP contribution in [0.25, 0.3) is 0 Å². The Morgan fingerprint density at radius 1 is 1.58 bits per heavy atom. The molecule has 1 aliphatic carbocycles. The van der Waals surface area contributed by atoms with E-state index in [1.165, 1.54) is 12.8 Å². The molecule has 0 aromatic carbocycles. The average Bonchev–Trinajstić information content (AvgIpc) is 2.81. The minimum Gasteiger partial charge on any atom is -0.370 e. The Balaban J connectivity index is 2.47. The second-order valence-electron chi connectivity index (χ2n) is 3.77. The molecule has 0 radical (unpaired) electrons. The fourth-order valence-electron chi connectivity index (χ4n) is 1.28. The van der Waals surface area contributed by atoms with Gasteiger partial charge in [0.25, 0.3) is 0 Å². The summed E-state index contributed by atoms with van der Waals surface area (Å²) in [5.74, 6) is 1.55. The van der Waals surface area contributed by atoms with Crippen LogP contribution in [0.5, 0.6) is 0 Å². The van der Waals surface area contributed by atoms with Crippen molar-refractivity contribution in [3.8, 4) is 0 Å². The first-order chi connectivity index (χ1) is 5.65. The highest BCUT2D eigenvalue weighted by Gasteiger charge is 2.26. The van der Waals surface area contributed by atoms with E-state index in [-0.39, 0.29) is 0 Å². The van der Waals surface area contributed by atoms with Crippen LogP contribution in [0.1, 0.15) is 26.7 Å². The molecule has 0 spiro atoms. The van der Waals surface area contributed by atoms with Gasteiger partial charge in [0, 0.05) is 19.6 Å². The number of aliphatic imine (C=N–C) groups is 1. The van der Waals surface area contributed by atoms with Crippen LogP contribution in [-0.4, -0.2) is 30.5 Å². The number of rotatable bonds is 3. The molecule has 3 heteroatoms. The maximum atomic E-state index is 5.77. The molecule has 0 aromatic heterocycles. The Morgan fingerprint density at radius 3 is 2.50 bits per heavy atom. The molecule has 1 saturated carbocycles. The van der Waals surface area contributed by atoms with Gasteiger partial charge in [-0.1, -0.05) is 0 Å². The topological polar surface area (TPSA) is 41.6 Å². The first kappa shape index (κ1) is 9.36. The van der Waals surface area contributed by atoms with Crippen LogP contribution in [0.15, 0.2) is 4.99 Å². The summed E-state index contributed by atoms with van der Waals surface area (Å²) in [6.07, 6.45) is 2.72. The molecular weight excluding hydrogens is 150 g/mol. The lowest BCUT2D eigenvalue weighted by Crippen LogP contribution is -2.43. The minimum atomic E-state index is 0.467. The molecule has 1 rings (SSSR count). The van der Waals surface area contributed by atoms with Crippen molar-refractivity contribution in [3.63, 3.8) is 0 Å². The summed E-state index contributed by atoms with van der Waals surface area (Å²) < 4.78 is 0. The molecule has 0 amide bonds. The number of hydrogen-bond donors (Lipinski definition) is 1. The van der Waals surface area contributed by atoms with Gasteiger partial charge in [0.2, 0.25) is 0 Å². The number of hydrogen-bond acceptors (Lipinski definition) is 1. The smallest absolute Gasteiger partial charge is 0.191 e. The molecule has 12 heavy (non-hydrogen) atoms. The van der Waals surface area contributed by atoms with Crippen molar-refractivity contribution in [1.82, 2.24) is 4.90 Å². The number of guanidine groups is 1. The van der Waals surface area contributed by atoms with E-state index < -0.39 is 0 Å². The van der Waals surface area contributed by atoms with Gasteiger partial charge < -0.3 is 10.6 Å². The summed E-state index contributed by atoms with van der Waals surface area (Å²) in [4.78, 5) is 6.19. The molecule has 0 heterocycles. The highest BCUT2D eigenvalue weighted by molar-refractivity contribution is 5.78. The van der Waals surface area contributed by atoms with Crippen LogP contribution < -0.4 is 5.73 Å². The van der Waals surface area contributed by atoms with Crippen molar-refractivity contribution < 1.29 is 0 Å². The maximum Gasteiger partial charge on any atom is 0.191 e. The molecule has 0 aliphatic heterocycles. The van der Waals surface area contributed by atoms with E-state index in [2.05, 4.69) is 23.7 Å². The van der Waals surface area contributed by atoms with E-state index in [9.17, 15) is 0 Å². The van der Waals surface area contributed by atoms with Gasteiger partial charge in [-0.05, 0) is 32.6 Å². The summed E-state index contributed by atoms with van der Waals surface area (Å²) in [5, 5.41) is 0. The molecule has 1 aliphatic rings. The molecular formula is C9H19N3. The lowest BCUT2D eigenvalue weighted by atomic mass is 10.3. The van der Waals surface area contributed by atoms with Gasteiger partial charge in [0.15, 0.2) is 5.96 Å². The Labute approximate surface area is 74.6 Å². The number of nitrogens with two attached hydrogens (primary N) is 1. The molecule has 0 saturated heterocycles. The van der Waals surface area contributed by atoms with Crippen molar-refractivity contribution in [2.75, 3.05) is 13.6 Å². The molecule has 0 bridgehead atoms. The van der Waals surface area contributed by atoms with Gasteiger partial charge in [-0.25, -0.2) is 0 Å². The molecule has 2 N–H and O–H groups in total. The number of nitrogens with zero attached hydrogens (tertiary/aromatic N) is 2. The molecule has 0 atom stereocenters. The summed E-state index contributed by atoms with van der Waals surface area (Å²) in [5.41, 5.74) is 5.77. The van der Waals surface area contributed by atoms with Gasteiger partial charge in [0.05, 0.1) is 0 Å². The minimum absolute atomic E-state index is 0.467. The van der Waals surface area contributed by atoms with E-state index >= 15 is 0 Å². The normalized spacial score (nSPS) is 18.5. The van der Waals surface area contributed by atoms with Gasteiger partial charge in [-0.3, -0.25) is 4.99 Å². The first-order valence-corrected chi connectivity index (χ1v) is 4.64. The Morgan fingerprint density at radius 2 is 2.17 bits per heavy atom. The van der Waals surface area contributed by atoms with Crippen LogP contribution in [0.4, 0.5) is 0 Å². The summed E-state index contributed by atoms with van der Waals surface area (Å²) in [6.45, 7) is 5.39. The monoisotopic (exact) mass is 169 g/mol. The standard InChI is InChI=1S/C9H19N3/c1-7(2)12(9(10)11-3)6-8-4-5-8/h7-8H,4-6H2,1-3H3,(H2,10,11). The van der Waals surface area contributed by atoms with Crippen LogP contribution >= 0.6 is 0 Å². The molecule has 1 fully saturated rings. The molecule has 3 nitrogen and oxygen atoms in total. The Kier molecular flexibility index (Phi) is 2.95. The van der Waals surface area contributed by atoms with E-state index in [0.717, 1.165) is 12.5 Å². The predicted octanol–water partition coefficient (Wildman–Crippen LogP) is 1.05. The highest BCUT2D eigenvalue weighted by Crippen LogP contribution is 2.30. The van der Waals surface area contributed by atoms with Crippen LogP contribution in [0.2, 0.25) is 0 Å². The summed E-state index contributed by atoms with van der Waals surface area (Å²) >= 11 is 0. The fourth-order valence-corrected chi connectivity index (χ4v) is 1.28. The zero-order chi connectivity index (χ0) is 9.14. The SMILES string of the molecule is CN=C(N)N(CC1CC1)C(C)C. The van der Waals surface area contributed by atoms with Crippen LogP contribution in [-0.2, 0) is 0 Å². The van der Waals surface area contributed by atoms with E-state index in [1.54, 1.807) is 7.05 Å². The predicted molar refractivity (Wildman–Crippen MR) is 52.1 cm³/mol. The van der Waals surface area contributed by atoms with Gasteiger partial charge in [-0.15, -0.1) is 0 Å². The van der Waals surface area contributed by atoms with Gasteiger partial charge in [-0.2, -0.15) is 0 Å². The third kappa shape index (κ3) is 2.40. The second-order valence-corrected chi connectivity index (χ2v) is 3.77. The largest absolute Gasteiger partial charge is 0.370 e. The molecule has 70 valence electrons. The lowest BCUT2D eigenvalue weighted by Gasteiger charge is -2.27. The van der Waals surface area contributed by atoms with E-state index in [0.29, 0.717) is 12.0 Å². The van der Waals surface area contributed by atoms with Crippen molar-refractivity contribution in [1.29, 1.82) is 0 Å².